The number of carbonyl (C=O) groups excluding carboxylic acids is 1. The van der Waals surface area contributed by atoms with Crippen LogP contribution >= 0.6 is 0 Å². The predicted octanol–water partition coefficient (Wildman–Crippen LogP) is 1.07. The molecule has 0 atom stereocenters. The number of alkyl halides is 3. The van der Waals surface area contributed by atoms with Gasteiger partial charge in [-0.05, 0) is 6.42 Å². The van der Waals surface area contributed by atoms with Crippen molar-refractivity contribution >= 4 is 15.9 Å². The molecule has 0 heterocycles. The van der Waals surface area contributed by atoms with Gasteiger partial charge in [-0.3, -0.25) is 4.79 Å². The fraction of sp³-hybridized carbons (Fsp3) is 0.900. The van der Waals surface area contributed by atoms with E-state index in [9.17, 15) is 26.4 Å². The predicted molar refractivity (Wildman–Crippen MR) is 65.0 cm³/mol. The zero-order chi connectivity index (χ0) is 15.3. The van der Waals surface area contributed by atoms with E-state index in [2.05, 4.69) is 0 Å². The van der Waals surface area contributed by atoms with Crippen molar-refractivity contribution in [1.82, 2.24) is 9.21 Å². The van der Waals surface area contributed by atoms with E-state index >= 15 is 0 Å². The van der Waals surface area contributed by atoms with E-state index in [0.29, 0.717) is 17.7 Å². The fourth-order valence-corrected chi connectivity index (χ4v) is 1.61. The Hall–Kier alpha value is -0.830. The molecule has 5 nitrogen and oxygen atoms in total. The molecule has 0 aromatic carbocycles. The average molecular weight is 304 g/mol. The lowest BCUT2D eigenvalue weighted by molar-refractivity contribution is -0.161. The van der Waals surface area contributed by atoms with E-state index in [-0.39, 0.29) is 6.54 Å². The van der Waals surface area contributed by atoms with Crippen LogP contribution in [0.5, 0.6) is 0 Å². The summed E-state index contributed by atoms with van der Waals surface area (Å²) in [6.07, 6.45) is -2.53. The van der Waals surface area contributed by atoms with Crippen LogP contribution in [0.15, 0.2) is 0 Å². The number of likely N-dealkylation sites (N-methyl/N-ethyl adjacent to an activating group) is 1. The second-order valence-corrected chi connectivity index (χ2v) is 6.39. The molecule has 0 saturated heterocycles. The van der Waals surface area contributed by atoms with E-state index in [1.165, 1.54) is 0 Å². The summed E-state index contributed by atoms with van der Waals surface area (Å²) in [4.78, 5) is 12.3. The highest BCUT2D eigenvalue weighted by Crippen LogP contribution is 2.17. The summed E-state index contributed by atoms with van der Waals surface area (Å²) in [5.74, 6) is -0.848. The number of halogens is 3. The minimum Gasteiger partial charge on any atom is -0.332 e. The quantitative estimate of drug-likeness (QED) is 0.707. The highest BCUT2D eigenvalue weighted by atomic mass is 32.2. The maximum Gasteiger partial charge on any atom is 0.406 e. The maximum absolute atomic E-state index is 12.3. The monoisotopic (exact) mass is 304 g/mol. The molecule has 0 unspecified atom stereocenters. The van der Waals surface area contributed by atoms with Crippen LogP contribution in [0.4, 0.5) is 13.2 Å². The number of sulfonamides is 1. The van der Waals surface area contributed by atoms with Crippen molar-refractivity contribution in [2.45, 2.75) is 25.9 Å². The molecule has 0 aromatic rings. The first kappa shape index (κ1) is 18.2. The molecule has 0 aliphatic heterocycles. The van der Waals surface area contributed by atoms with Gasteiger partial charge in [-0.15, -0.1) is 0 Å². The molecular weight excluding hydrogens is 285 g/mol. The number of unbranched alkanes of at least 4 members (excludes halogenated alkanes) is 1. The Morgan fingerprint density at radius 2 is 1.79 bits per heavy atom. The van der Waals surface area contributed by atoms with Crippen molar-refractivity contribution < 1.29 is 26.4 Å². The summed E-state index contributed by atoms with van der Waals surface area (Å²) < 4.78 is 60.0. The molecule has 114 valence electrons. The van der Waals surface area contributed by atoms with Crippen LogP contribution in [0.1, 0.15) is 19.8 Å². The number of nitrogens with zero attached hydrogens (tertiary/aromatic N) is 2. The Bertz CT molecular complexity index is 395. The van der Waals surface area contributed by atoms with Crippen molar-refractivity contribution in [3.8, 4) is 0 Å². The van der Waals surface area contributed by atoms with Gasteiger partial charge in [-0.1, -0.05) is 13.3 Å². The first-order chi connectivity index (χ1) is 8.47. The lowest BCUT2D eigenvalue weighted by Crippen LogP contribution is -2.45. The normalized spacial score (nSPS) is 12.8. The summed E-state index contributed by atoms with van der Waals surface area (Å²) in [6.45, 7) is -0.187. The molecule has 0 bridgehead atoms. The van der Waals surface area contributed by atoms with Crippen LogP contribution in [0, 0.1) is 0 Å². The topological polar surface area (TPSA) is 57.7 Å². The van der Waals surface area contributed by atoms with Crippen LogP contribution in [-0.2, 0) is 14.8 Å². The summed E-state index contributed by atoms with van der Waals surface area (Å²) in [7, 11) is -2.44. The van der Waals surface area contributed by atoms with E-state index < -0.39 is 35.2 Å². The molecule has 0 saturated carbocycles. The van der Waals surface area contributed by atoms with Gasteiger partial charge < -0.3 is 4.90 Å². The molecule has 1 amide bonds. The molecular formula is C10H19F3N2O3S. The number of hydrogen-bond donors (Lipinski definition) is 0. The minimum atomic E-state index is -4.49. The molecule has 0 aliphatic carbocycles. The molecule has 0 aromatic heterocycles. The lowest BCUT2D eigenvalue weighted by atomic mass is 10.3. The van der Waals surface area contributed by atoms with Crippen molar-refractivity contribution in [1.29, 1.82) is 0 Å². The highest BCUT2D eigenvalue weighted by Gasteiger charge is 2.33. The number of carbonyl (C=O) groups is 1. The van der Waals surface area contributed by atoms with Gasteiger partial charge in [0.05, 0.1) is 12.8 Å². The summed E-state index contributed by atoms with van der Waals surface area (Å²) in [5, 5.41) is 0. The molecule has 0 spiro atoms. The minimum absolute atomic E-state index is 0.0353. The first-order valence-electron chi connectivity index (χ1n) is 5.73. The zero-order valence-electron chi connectivity index (χ0n) is 11.2. The summed E-state index contributed by atoms with van der Waals surface area (Å²) in [5.41, 5.74) is 0. The van der Waals surface area contributed by atoms with Gasteiger partial charge >= 0.3 is 6.18 Å². The van der Waals surface area contributed by atoms with Gasteiger partial charge in [0.2, 0.25) is 15.9 Å². The van der Waals surface area contributed by atoms with Gasteiger partial charge in [0, 0.05) is 13.6 Å². The maximum atomic E-state index is 12.3. The third-order valence-corrected chi connectivity index (χ3v) is 3.69. The summed E-state index contributed by atoms with van der Waals surface area (Å²) >= 11 is 0. The number of hydrogen-bond acceptors (Lipinski definition) is 3. The van der Waals surface area contributed by atoms with Gasteiger partial charge in [-0.2, -0.15) is 17.5 Å². The smallest absolute Gasteiger partial charge is 0.332 e. The number of amides is 1. The number of rotatable bonds is 7. The van der Waals surface area contributed by atoms with E-state index in [0.717, 1.165) is 17.6 Å². The van der Waals surface area contributed by atoms with E-state index in [1.807, 2.05) is 0 Å². The Morgan fingerprint density at radius 1 is 1.26 bits per heavy atom. The Labute approximate surface area is 111 Å². The van der Waals surface area contributed by atoms with Crippen LogP contribution in [0.25, 0.3) is 0 Å². The van der Waals surface area contributed by atoms with Crippen molar-refractivity contribution in [3.05, 3.63) is 0 Å². The fourth-order valence-electron chi connectivity index (χ4n) is 1.27. The SMILES string of the molecule is CCCCN(CC(F)(F)F)C(=O)CN(C)S(C)(=O)=O. The third-order valence-electron chi connectivity index (χ3n) is 2.43. The molecule has 0 fully saturated rings. The lowest BCUT2D eigenvalue weighted by Gasteiger charge is -2.25. The Balaban J connectivity index is 4.72. The Kier molecular flexibility index (Phi) is 6.78. The standard InChI is InChI=1S/C10H19F3N2O3S/c1-4-5-6-15(8-10(11,12)13)9(16)7-14(2)19(3,17)18/h4-8H2,1-3H3. The molecule has 0 N–H and O–H groups in total. The summed E-state index contributed by atoms with van der Waals surface area (Å²) in [6, 6.07) is 0. The van der Waals surface area contributed by atoms with Gasteiger partial charge in [0.15, 0.2) is 0 Å². The average Bonchev–Trinajstić information content (AvgIpc) is 2.20. The van der Waals surface area contributed by atoms with Crippen LogP contribution < -0.4 is 0 Å². The third kappa shape index (κ3) is 8.04. The van der Waals surface area contributed by atoms with Crippen LogP contribution in [-0.4, -0.2) is 62.6 Å². The molecule has 0 radical (unpaired) electrons. The molecule has 19 heavy (non-hydrogen) atoms. The van der Waals surface area contributed by atoms with Gasteiger partial charge in [0.25, 0.3) is 0 Å². The van der Waals surface area contributed by atoms with Crippen molar-refractivity contribution in [2.75, 3.05) is 32.9 Å². The molecule has 9 heteroatoms. The van der Waals surface area contributed by atoms with E-state index in [4.69, 9.17) is 0 Å². The van der Waals surface area contributed by atoms with Gasteiger partial charge in [0.1, 0.15) is 6.54 Å². The largest absolute Gasteiger partial charge is 0.406 e. The zero-order valence-corrected chi connectivity index (χ0v) is 12.0. The highest BCUT2D eigenvalue weighted by molar-refractivity contribution is 7.88. The molecule has 0 aliphatic rings. The second kappa shape index (κ2) is 7.09. The second-order valence-electron chi connectivity index (χ2n) is 4.30. The van der Waals surface area contributed by atoms with E-state index in [1.54, 1.807) is 6.92 Å². The molecule has 0 rings (SSSR count). The van der Waals surface area contributed by atoms with Crippen molar-refractivity contribution in [3.63, 3.8) is 0 Å². The first-order valence-corrected chi connectivity index (χ1v) is 7.58. The van der Waals surface area contributed by atoms with Crippen LogP contribution in [0.2, 0.25) is 0 Å². The van der Waals surface area contributed by atoms with Crippen molar-refractivity contribution in [2.24, 2.45) is 0 Å². The van der Waals surface area contributed by atoms with Crippen LogP contribution in [0.3, 0.4) is 0 Å². The Morgan fingerprint density at radius 3 is 2.16 bits per heavy atom. The van der Waals surface area contributed by atoms with Gasteiger partial charge in [-0.25, -0.2) is 8.42 Å².